The summed E-state index contributed by atoms with van der Waals surface area (Å²) in [6.45, 7) is 1.53. The van der Waals surface area contributed by atoms with E-state index in [0.717, 1.165) is 4.68 Å². The van der Waals surface area contributed by atoms with Gasteiger partial charge in [0.05, 0.1) is 0 Å². The van der Waals surface area contributed by atoms with Crippen LogP contribution in [0.25, 0.3) is 5.69 Å². The number of carboxylic acids is 1. The highest BCUT2D eigenvalue weighted by Gasteiger charge is 2.16. The molecule has 1 aromatic heterocycles. The lowest BCUT2D eigenvalue weighted by molar-refractivity contribution is 0.0683. The van der Waals surface area contributed by atoms with Crippen LogP contribution < -0.4 is 0 Å². The normalized spacial score (nSPS) is 10.5. The van der Waals surface area contributed by atoms with Gasteiger partial charge < -0.3 is 5.11 Å². The van der Waals surface area contributed by atoms with E-state index in [9.17, 15) is 9.18 Å². The van der Waals surface area contributed by atoms with E-state index in [0.29, 0.717) is 5.02 Å². The summed E-state index contributed by atoms with van der Waals surface area (Å²) >= 11 is 5.74. The van der Waals surface area contributed by atoms with Crippen LogP contribution in [0.5, 0.6) is 0 Å². The summed E-state index contributed by atoms with van der Waals surface area (Å²) in [6.07, 6.45) is 0. The predicted octanol–water partition coefficient (Wildman–Crippen LogP) is 2.07. The largest absolute Gasteiger partial charge is 0.475 e. The summed E-state index contributed by atoms with van der Waals surface area (Å²) in [5, 5.41) is 12.8. The first kappa shape index (κ1) is 11.5. The molecule has 0 amide bonds. The minimum Gasteiger partial charge on any atom is -0.475 e. The van der Waals surface area contributed by atoms with E-state index in [2.05, 4.69) is 10.1 Å². The monoisotopic (exact) mass is 255 g/mol. The fourth-order valence-corrected chi connectivity index (χ4v) is 1.52. The molecule has 17 heavy (non-hydrogen) atoms. The SMILES string of the molecule is Cc1nc(C(=O)O)nn1-c1cc(Cl)ccc1F. The molecule has 1 heterocycles. The van der Waals surface area contributed by atoms with Crippen molar-refractivity contribution in [2.45, 2.75) is 6.92 Å². The topological polar surface area (TPSA) is 68.0 Å². The Hall–Kier alpha value is -1.95. The number of aromatic carboxylic acids is 1. The Balaban J connectivity index is 2.60. The van der Waals surface area contributed by atoms with Crippen LogP contribution in [0.1, 0.15) is 16.4 Å². The molecule has 0 saturated heterocycles. The lowest BCUT2D eigenvalue weighted by atomic mass is 10.3. The first-order chi connectivity index (χ1) is 7.99. The van der Waals surface area contributed by atoms with Crippen molar-refractivity contribution in [1.29, 1.82) is 0 Å². The molecular formula is C10H7ClFN3O2. The van der Waals surface area contributed by atoms with E-state index in [-0.39, 0.29) is 17.3 Å². The molecule has 0 aliphatic heterocycles. The first-order valence-corrected chi connectivity index (χ1v) is 4.99. The number of aromatic nitrogens is 3. The molecule has 0 atom stereocenters. The van der Waals surface area contributed by atoms with Crippen molar-refractivity contribution in [2.24, 2.45) is 0 Å². The molecule has 0 spiro atoms. The van der Waals surface area contributed by atoms with Gasteiger partial charge in [0, 0.05) is 5.02 Å². The quantitative estimate of drug-likeness (QED) is 0.892. The van der Waals surface area contributed by atoms with Crippen molar-refractivity contribution >= 4 is 17.6 Å². The van der Waals surface area contributed by atoms with Gasteiger partial charge in [-0.1, -0.05) is 11.6 Å². The van der Waals surface area contributed by atoms with Crippen molar-refractivity contribution < 1.29 is 14.3 Å². The number of carboxylic acid groups (broad SMARTS) is 1. The molecular weight excluding hydrogens is 249 g/mol. The van der Waals surface area contributed by atoms with Crippen molar-refractivity contribution in [3.8, 4) is 5.69 Å². The van der Waals surface area contributed by atoms with Crippen LogP contribution in [0.2, 0.25) is 5.02 Å². The van der Waals surface area contributed by atoms with Gasteiger partial charge in [0.2, 0.25) is 0 Å². The molecule has 2 aromatic rings. The summed E-state index contributed by atoms with van der Waals surface area (Å²) in [5.74, 6) is -1.95. The molecule has 2 rings (SSSR count). The Morgan fingerprint density at radius 3 is 2.82 bits per heavy atom. The second-order valence-electron chi connectivity index (χ2n) is 3.30. The number of nitrogens with zero attached hydrogens (tertiary/aromatic N) is 3. The number of halogens is 2. The summed E-state index contributed by atoms with van der Waals surface area (Å²) in [4.78, 5) is 14.4. The molecule has 0 aliphatic carbocycles. The zero-order valence-electron chi connectivity index (χ0n) is 8.69. The number of aryl methyl sites for hydroxylation is 1. The molecule has 0 fully saturated rings. The number of hydrogen-bond donors (Lipinski definition) is 1. The van der Waals surface area contributed by atoms with Gasteiger partial charge in [-0.15, -0.1) is 5.10 Å². The average molecular weight is 256 g/mol. The van der Waals surface area contributed by atoms with Gasteiger partial charge in [0.1, 0.15) is 17.3 Å². The molecule has 1 aromatic carbocycles. The van der Waals surface area contributed by atoms with Gasteiger partial charge in [-0.3, -0.25) is 0 Å². The Morgan fingerprint density at radius 2 is 2.24 bits per heavy atom. The van der Waals surface area contributed by atoms with Gasteiger partial charge in [-0.05, 0) is 25.1 Å². The average Bonchev–Trinajstić information content (AvgIpc) is 2.64. The maximum absolute atomic E-state index is 13.6. The Labute approximate surface area is 100 Å². The van der Waals surface area contributed by atoms with Crippen LogP contribution in [-0.2, 0) is 0 Å². The van der Waals surface area contributed by atoms with Gasteiger partial charge >= 0.3 is 5.97 Å². The van der Waals surface area contributed by atoms with Crippen LogP contribution in [0.4, 0.5) is 4.39 Å². The highest BCUT2D eigenvalue weighted by atomic mass is 35.5. The Bertz CT molecular complexity index is 597. The minimum atomic E-state index is -1.27. The van der Waals surface area contributed by atoms with Gasteiger partial charge in [-0.25, -0.2) is 18.9 Å². The molecule has 0 unspecified atom stereocenters. The lowest BCUT2D eigenvalue weighted by Gasteiger charge is -2.04. The standard InChI is InChI=1S/C10H7ClFN3O2/c1-5-13-9(10(16)17)14-15(5)8-4-6(11)2-3-7(8)12/h2-4H,1H3,(H,16,17). The van der Waals surface area contributed by atoms with Crippen molar-refractivity contribution in [2.75, 3.05) is 0 Å². The molecule has 7 heteroatoms. The highest BCUT2D eigenvalue weighted by Crippen LogP contribution is 2.19. The van der Waals surface area contributed by atoms with E-state index in [1.165, 1.54) is 25.1 Å². The fraction of sp³-hybridized carbons (Fsp3) is 0.100. The number of rotatable bonds is 2. The maximum atomic E-state index is 13.6. The molecule has 5 nitrogen and oxygen atoms in total. The summed E-state index contributed by atoms with van der Waals surface area (Å²) in [5.41, 5.74) is 0.0648. The Kier molecular flexibility index (Phi) is 2.81. The second kappa shape index (κ2) is 4.14. The lowest BCUT2D eigenvalue weighted by Crippen LogP contribution is -2.04. The zero-order chi connectivity index (χ0) is 12.6. The Morgan fingerprint density at radius 1 is 1.53 bits per heavy atom. The molecule has 0 aliphatic rings. The van der Waals surface area contributed by atoms with Crippen LogP contribution in [0.15, 0.2) is 18.2 Å². The van der Waals surface area contributed by atoms with Crippen molar-refractivity contribution in [1.82, 2.24) is 14.8 Å². The molecule has 0 radical (unpaired) electrons. The predicted molar refractivity (Wildman–Crippen MR) is 58.0 cm³/mol. The molecule has 88 valence electrons. The summed E-state index contributed by atoms with van der Waals surface area (Å²) < 4.78 is 14.7. The number of benzene rings is 1. The highest BCUT2D eigenvalue weighted by molar-refractivity contribution is 6.30. The molecule has 0 bridgehead atoms. The van der Waals surface area contributed by atoms with Crippen molar-refractivity contribution in [3.63, 3.8) is 0 Å². The van der Waals surface area contributed by atoms with E-state index in [1.807, 2.05) is 0 Å². The molecule has 0 saturated carbocycles. The smallest absolute Gasteiger partial charge is 0.375 e. The summed E-state index contributed by atoms with van der Waals surface area (Å²) in [7, 11) is 0. The van der Waals surface area contributed by atoms with Crippen LogP contribution >= 0.6 is 11.6 Å². The van der Waals surface area contributed by atoms with Gasteiger partial charge in [0.15, 0.2) is 0 Å². The van der Waals surface area contributed by atoms with E-state index < -0.39 is 11.8 Å². The maximum Gasteiger partial charge on any atom is 0.375 e. The van der Waals surface area contributed by atoms with E-state index >= 15 is 0 Å². The number of hydrogen-bond acceptors (Lipinski definition) is 3. The van der Waals surface area contributed by atoms with Crippen molar-refractivity contribution in [3.05, 3.63) is 40.7 Å². The number of carbonyl (C=O) groups is 1. The van der Waals surface area contributed by atoms with Crippen LogP contribution in [-0.4, -0.2) is 25.8 Å². The van der Waals surface area contributed by atoms with Crippen LogP contribution in [0, 0.1) is 12.7 Å². The fourth-order valence-electron chi connectivity index (χ4n) is 1.36. The third-order valence-electron chi connectivity index (χ3n) is 2.10. The van der Waals surface area contributed by atoms with Gasteiger partial charge in [0.25, 0.3) is 5.82 Å². The third kappa shape index (κ3) is 2.12. The van der Waals surface area contributed by atoms with Crippen LogP contribution in [0.3, 0.4) is 0 Å². The zero-order valence-corrected chi connectivity index (χ0v) is 9.44. The first-order valence-electron chi connectivity index (χ1n) is 4.61. The third-order valence-corrected chi connectivity index (χ3v) is 2.33. The second-order valence-corrected chi connectivity index (χ2v) is 3.73. The minimum absolute atomic E-state index is 0.0648. The van der Waals surface area contributed by atoms with E-state index in [1.54, 1.807) is 0 Å². The molecule has 1 N–H and O–H groups in total. The summed E-state index contributed by atoms with van der Waals surface area (Å²) in [6, 6.07) is 3.92. The van der Waals surface area contributed by atoms with Gasteiger partial charge in [-0.2, -0.15) is 0 Å². The van der Waals surface area contributed by atoms with E-state index in [4.69, 9.17) is 16.7 Å².